The van der Waals surface area contributed by atoms with Crippen molar-refractivity contribution in [2.45, 2.75) is 45.4 Å². The Bertz CT molecular complexity index is 416. The summed E-state index contributed by atoms with van der Waals surface area (Å²) in [6, 6.07) is 6.50. The van der Waals surface area contributed by atoms with Crippen LogP contribution in [-0.4, -0.2) is 7.11 Å². The van der Waals surface area contributed by atoms with Crippen LogP contribution in [0.1, 0.15) is 56.6 Å². The van der Waals surface area contributed by atoms with Gasteiger partial charge in [-0.05, 0) is 60.4 Å². The molecule has 0 saturated carbocycles. The minimum Gasteiger partial charge on any atom is -0.497 e. The van der Waals surface area contributed by atoms with Crippen molar-refractivity contribution in [1.82, 2.24) is 0 Å². The number of allylic oxidation sites excluding steroid dienone is 2. The predicted octanol–water partition coefficient (Wildman–Crippen LogP) is 4.78. The molecule has 1 aliphatic carbocycles. The van der Waals surface area contributed by atoms with Crippen LogP contribution in [0.3, 0.4) is 0 Å². The van der Waals surface area contributed by atoms with Crippen molar-refractivity contribution < 1.29 is 4.74 Å². The summed E-state index contributed by atoms with van der Waals surface area (Å²) in [5, 5.41) is 0. The van der Waals surface area contributed by atoms with Crippen LogP contribution in [0.4, 0.5) is 0 Å². The van der Waals surface area contributed by atoms with Crippen LogP contribution in [0.5, 0.6) is 5.75 Å². The van der Waals surface area contributed by atoms with Gasteiger partial charge in [-0.1, -0.05) is 26.0 Å². The molecule has 1 aromatic carbocycles. The molecular formula is C16H22O. The molecule has 0 aromatic heterocycles. The topological polar surface area (TPSA) is 9.23 Å². The van der Waals surface area contributed by atoms with Crippen LogP contribution in [-0.2, 0) is 0 Å². The van der Waals surface area contributed by atoms with Crippen LogP contribution < -0.4 is 4.74 Å². The highest BCUT2D eigenvalue weighted by molar-refractivity contribution is 5.70. The number of ether oxygens (including phenoxy) is 1. The summed E-state index contributed by atoms with van der Waals surface area (Å²) in [5.41, 5.74) is 4.38. The molecule has 17 heavy (non-hydrogen) atoms. The van der Waals surface area contributed by atoms with Gasteiger partial charge < -0.3 is 4.74 Å². The van der Waals surface area contributed by atoms with Gasteiger partial charge in [0.05, 0.1) is 7.11 Å². The van der Waals surface area contributed by atoms with Gasteiger partial charge in [0.25, 0.3) is 0 Å². The lowest BCUT2D eigenvalue weighted by molar-refractivity contribution is 0.414. The van der Waals surface area contributed by atoms with Crippen LogP contribution in [0.15, 0.2) is 24.3 Å². The van der Waals surface area contributed by atoms with Crippen LogP contribution in [0.2, 0.25) is 0 Å². The standard InChI is InChI=1S/C16H22O/c1-12(2)16-11-14(17-3)9-10-15(16)13-7-5-4-6-8-13/h7,9-12H,4-6,8H2,1-3H3. The number of benzene rings is 1. The summed E-state index contributed by atoms with van der Waals surface area (Å²) < 4.78 is 5.33. The van der Waals surface area contributed by atoms with Gasteiger partial charge in [-0.25, -0.2) is 0 Å². The Labute approximate surface area is 104 Å². The van der Waals surface area contributed by atoms with E-state index in [0.717, 1.165) is 5.75 Å². The molecule has 2 rings (SSSR count). The highest BCUT2D eigenvalue weighted by Crippen LogP contribution is 2.34. The van der Waals surface area contributed by atoms with Crippen LogP contribution in [0, 0.1) is 0 Å². The lowest BCUT2D eigenvalue weighted by atomic mass is 9.87. The van der Waals surface area contributed by atoms with E-state index >= 15 is 0 Å². The number of hydrogen-bond acceptors (Lipinski definition) is 1. The smallest absolute Gasteiger partial charge is 0.119 e. The molecule has 0 radical (unpaired) electrons. The van der Waals surface area contributed by atoms with Gasteiger partial charge in [0.2, 0.25) is 0 Å². The van der Waals surface area contributed by atoms with Gasteiger partial charge >= 0.3 is 0 Å². The molecule has 0 aliphatic heterocycles. The third kappa shape index (κ3) is 2.71. The number of methoxy groups -OCH3 is 1. The Morgan fingerprint density at radius 1 is 1.18 bits per heavy atom. The first kappa shape index (κ1) is 12.2. The molecule has 0 spiro atoms. The molecule has 0 atom stereocenters. The molecule has 0 fully saturated rings. The minimum absolute atomic E-state index is 0.544. The molecule has 0 unspecified atom stereocenters. The highest BCUT2D eigenvalue weighted by atomic mass is 16.5. The summed E-state index contributed by atoms with van der Waals surface area (Å²) >= 11 is 0. The Hall–Kier alpha value is -1.24. The minimum atomic E-state index is 0.544. The van der Waals surface area contributed by atoms with Gasteiger partial charge in [0.1, 0.15) is 5.75 Å². The van der Waals surface area contributed by atoms with Gasteiger partial charge in [-0.15, -0.1) is 0 Å². The van der Waals surface area contributed by atoms with E-state index in [1.165, 1.54) is 42.4 Å². The van der Waals surface area contributed by atoms with Crippen molar-refractivity contribution in [2.24, 2.45) is 0 Å². The normalized spacial score (nSPS) is 15.9. The second kappa shape index (κ2) is 5.39. The summed E-state index contributed by atoms with van der Waals surface area (Å²) in [6.07, 6.45) is 7.55. The first-order chi connectivity index (χ1) is 8.22. The number of rotatable bonds is 3. The van der Waals surface area contributed by atoms with E-state index in [-0.39, 0.29) is 0 Å². The molecule has 0 heterocycles. The van der Waals surface area contributed by atoms with E-state index in [4.69, 9.17) is 4.74 Å². The molecule has 1 aromatic rings. The zero-order valence-electron chi connectivity index (χ0n) is 11.1. The highest BCUT2D eigenvalue weighted by Gasteiger charge is 2.13. The molecule has 0 bridgehead atoms. The van der Waals surface area contributed by atoms with Gasteiger partial charge in [-0.3, -0.25) is 0 Å². The van der Waals surface area contributed by atoms with E-state index in [1.807, 2.05) is 0 Å². The summed E-state index contributed by atoms with van der Waals surface area (Å²) in [4.78, 5) is 0. The quantitative estimate of drug-likeness (QED) is 0.726. The Morgan fingerprint density at radius 2 is 2.00 bits per heavy atom. The van der Waals surface area contributed by atoms with Crippen molar-refractivity contribution in [3.8, 4) is 5.75 Å². The lowest BCUT2D eigenvalue weighted by Gasteiger charge is -2.19. The van der Waals surface area contributed by atoms with Crippen LogP contribution in [0.25, 0.3) is 5.57 Å². The van der Waals surface area contributed by atoms with E-state index in [2.05, 4.69) is 38.1 Å². The van der Waals surface area contributed by atoms with E-state index in [0.29, 0.717) is 5.92 Å². The van der Waals surface area contributed by atoms with Crippen molar-refractivity contribution >= 4 is 5.57 Å². The third-order valence-electron chi connectivity index (χ3n) is 3.52. The SMILES string of the molecule is COc1ccc(C2=CCCCC2)c(C(C)C)c1. The second-order valence-corrected chi connectivity index (χ2v) is 5.08. The predicted molar refractivity (Wildman–Crippen MR) is 73.5 cm³/mol. The first-order valence-electron chi connectivity index (χ1n) is 6.59. The van der Waals surface area contributed by atoms with Crippen LogP contribution >= 0.6 is 0 Å². The number of hydrogen-bond donors (Lipinski definition) is 0. The van der Waals surface area contributed by atoms with Crippen molar-refractivity contribution in [3.63, 3.8) is 0 Å². The molecule has 1 aliphatic rings. The molecular weight excluding hydrogens is 208 g/mol. The first-order valence-corrected chi connectivity index (χ1v) is 6.59. The lowest BCUT2D eigenvalue weighted by Crippen LogP contribution is -1.99. The van der Waals surface area contributed by atoms with E-state index in [1.54, 1.807) is 7.11 Å². The molecule has 0 amide bonds. The molecule has 1 nitrogen and oxygen atoms in total. The Kier molecular flexibility index (Phi) is 3.88. The fourth-order valence-corrected chi connectivity index (χ4v) is 2.52. The fraction of sp³-hybridized carbons (Fsp3) is 0.500. The Balaban J connectivity index is 2.41. The molecule has 0 N–H and O–H groups in total. The van der Waals surface area contributed by atoms with Gasteiger partial charge in [-0.2, -0.15) is 0 Å². The summed E-state index contributed by atoms with van der Waals surface area (Å²) in [7, 11) is 1.74. The summed E-state index contributed by atoms with van der Waals surface area (Å²) in [5.74, 6) is 1.51. The van der Waals surface area contributed by atoms with Gasteiger partial charge in [0, 0.05) is 0 Å². The van der Waals surface area contributed by atoms with E-state index in [9.17, 15) is 0 Å². The zero-order valence-corrected chi connectivity index (χ0v) is 11.1. The average Bonchev–Trinajstić information content (AvgIpc) is 2.39. The average molecular weight is 230 g/mol. The van der Waals surface area contributed by atoms with E-state index < -0.39 is 0 Å². The largest absolute Gasteiger partial charge is 0.497 e. The monoisotopic (exact) mass is 230 g/mol. The second-order valence-electron chi connectivity index (χ2n) is 5.08. The fourth-order valence-electron chi connectivity index (χ4n) is 2.52. The van der Waals surface area contributed by atoms with Gasteiger partial charge in [0.15, 0.2) is 0 Å². The third-order valence-corrected chi connectivity index (χ3v) is 3.52. The molecule has 0 saturated heterocycles. The van der Waals surface area contributed by atoms with Crippen molar-refractivity contribution in [2.75, 3.05) is 7.11 Å². The Morgan fingerprint density at radius 3 is 2.59 bits per heavy atom. The maximum absolute atomic E-state index is 5.33. The van der Waals surface area contributed by atoms with Crippen molar-refractivity contribution in [1.29, 1.82) is 0 Å². The molecule has 1 heteroatoms. The zero-order chi connectivity index (χ0) is 12.3. The van der Waals surface area contributed by atoms with Crippen molar-refractivity contribution in [3.05, 3.63) is 35.4 Å². The maximum Gasteiger partial charge on any atom is 0.119 e. The maximum atomic E-state index is 5.33. The summed E-state index contributed by atoms with van der Waals surface area (Å²) in [6.45, 7) is 4.50. The molecule has 92 valence electrons.